The molecule has 0 aliphatic heterocycles. The lowest BCUT2D eigenvalue weighted by Crippen LogP contribution is -2.17. The van der Waals surface area contributed by atoms with Gasteiger partial charge in [0, 0.05) is 5.56 Å². The maximum atomic E-state index is 13.0. The molecule has 2 N–H and O–H groups in total. The first-order valence-corrected chi connectivity index (χ1v) is 8.00. The van der Waals surface area contributed by atoms with Crippen LogP contribution in [0.4, 0.5) is 4.39 Å². The third kappa shape index (κ3) is 4.51. The average Bonchev–Trinajstić information content (AvgIpc) is 3.13. The summed E-state index contributed by atoms with van der Waals surface area (Å²) < 4.78 is 13.0. The lowest BCUT2D eigenvalue weighted by Gasteiger charge is -1.97. The van der Waals surface area contributed by atoms with Crippen LogP contribution in [0.3, 0.4) is 0 Å². The minimum Gasteiger partial charge on any atom is -0.272 e. The normalized spacial score (nSPS) is 11.7. The Bertz CT molecular complexity index is 943. The fourth-order valence-corrected chi connectivity index (χ4v) is 2.31. The van der Waals surface area contributed by atoms with Gasteiger partial charge in [0.15, 0.2) is 0 Å². The maximum Gasteiger partial charge on any atom is 0.289 e. The molecule has 0 spiro atoms. The highest BCUT2D eigenvalue weighted by atomic mass is 19.1. The van der Waals surface area contributed by atoms with Crippen molar-refractivity contribution in [3.63, 3.8) is 0 Å². The predicted molar refractivity (Wildman–Crippen MR) is 100 cm³/mol. The molecule has 6 heteroatoms. The highest BCUT2D eigenvalue weighted by molar-refractivity contribution is 5.94. The van der Waals surface area contributed by atoms with Crippen molar-refractivity contribution in [3.8, 4) is 11.3 Å². The molecule has 2 aromatic carbocycles. The van der Waals surface area contributed by atoms with Gasteiger partial charge in [0.1, 0.15) is 11.5 Å². The summed E-state index contributed by atoms with van der Waals surface area (Å²) in [7, 11) is 0. The number of halogens is 1. The minimum absolute atomic E-state index is 0.270. The average molecular weight is 348 g/mol. The van der Waals surface area contributed by atoms with Crippen LogP contribution in [0.5, 0.6) is 0 Å². The van der Waals surface area contributed by atoms with Crippen molar-refractivity contribution in [2.24, 2.45) is 5.10 Å². The van der Waals surface area contributed by atoms with Crippen LogP contribution in [0, 0.1) is 5.82 Å². The van der Waals surface area contributed by atoms with Crippen molar-refractivity contribution < 1.29 is 9.18 Å². The van der Waals surface area contributed by atoms with Crippen LogP contribution in [0.15, 0.2) is 71.3 Å². The van der Waals surface area contributed by atoms with E-state index in [0.29, 0.717) is 11.3 Å². The number of aromatic amines is 1. The second-order valence-electron chi connectivity index (χ2n) is 5.67. The van der Waals surface area contributed by atoms with Crippen LogP contribution >= 0.6 is 0 Å². The first-order chi connectivity index (χ1) is 12.6. The Morgan fingerprint density at radius 3 is 2.62 bits per heavy atom. The summed E-state index contributed by atoms with van der Waals surface area (Å²) in [5, 5.41) is 10.7. The number of amides is 1. The van der Waals surface area contributed by atoms with Gasteiger partial charge in [-0.3, -0.25) is 9.89 Å². The summed E-state index contributed by atoms with van der Waals surface area (Å²) in [6.45, 7) is 1.89. The number of carbonyl (C=O) groups excluding carboxylic acids is 1. The van der Waals surface area contributed by atoms with Crippen molar-refractivity contribution in [1.82, 2.24) is 15.6 Å². The second-order valence-corrected chi connectivity index (χ2v) is 5.67. The molecule has 0 radical (unpaired) electrons. The molecular weight excluding hydrogens is 331 g/mol. The summed E-state index contributed by atoms with van der Waals surface area (Å²) in [5.41, 5.74) is 5.94. The lowest BCUT2D eigenvalue weighted by atomic mass is 10.1. The van der Waals surface area contributed by atoms with E-state index in [1.807, 2.05) is 43.3 Å². The highest BCUT2D eigenvalue weighted by Crippen LogP contribution is 2.17. The van der Waals surface area contributed by atoms with Crippen LogP contribution in [-0.2, 0) is 0 Å². The molecule has 1 amide bonds. The van der Waals surface area contributed by atoms with Gasteiger partial charge in [-0.15, -0.1) is 0 Å². The number of benzene rings is 2. The fourth-order valence-electron chi connectivity index (χ4n) is 2.31. The third-order valence-corrected chi connectivity index (χ3v) is 3.59. The van der Waals surface area contributed by atoms with Gasteiger partial charge in [0.05, 0.1) is 11.9 Å². The van der Waals surface area contributed by atoms with Crippen molar-refractivity contribution in [2.45, 2.75) is 6.92 Å². The molecule has 130 valence electrons. The summed E-state index contributed by atoms with van der Waals surface area (Å²) >= 11 is 0. The molecule has 0 aliphatic rings. The Balaban J connectivity index is 1.62. The van der Waals surface area contributed by atoms with E-state index in [4.69, 9.17) is 0 Å². The number of hydrogen-bond donors (Lipinski definition) is 2. The zero-order valence-electron chi connectivity index (χ0n) is 14.1. The van der Waals surface area contributed by atoms with Gasteiger partial charge >= 0.3 is 0 Å². The fraction of sp³-hybridized carbons (Fsp3) is 0.0500. The monoisotopic (exact) mass is 348 g/mol. The molecule has 1 aromatic heterocycles. The smallest absolute Gasteiger partial charge is 0.272 e. The Morgan fingerprint density at radius 2 is 1.88 bits per heavy atom. The molecule has 0 saturated carbocycles. The number of nitrogens with one attached hydrogen (secondary N) is 2. The number of H-pyrrole nitrogens is 1. The van der Waals surface area contributed by atoms with Gasteiger partial charge in [0.2, 0.25) is 0 Å². The van der Waals surface area contributed by atoms with Crippen LogP contribution in [0.25, 0.3) is 17.3 Å². The number of hydrazone groups is 1. The van der Waals surface area contributed by atoms with Crippen LogP contribution < -0.4 is 5.43 Å². The van der Waals surface area contributed by atoms with E-state index < -0.39 is 5.91 Å². The van der Waals surface area contributed by atoms with Gasteiger partial charge in [-0.25, -0.2) is 9.82 Å². The van der Waals surface area contributed by atoms with Gasteiger partial charge in [0.25, 0.3) is 5.91 Å². The van der Waals surface area contributed by atoms with E-state index in [1.54, 1.807) is 24.4 Å². The van der Waals surface area contributed by atoms with E-state index in [1.165, 1.54) is 12.1 Å². The molecule has 0 unspecified atom stereocenters. The highest BCUT2D eigenvalue weighted by Gasteiger charge is 2.10. The largest absolute Gasteiger partial charge is 0.289 e. The number of rotatable bonds is 5. The molecule has 5 nitrogen and oxygen atoms in total. The molecule has 3 aromatic rings. The summed E-state index contributed by atoms with van der Waals surface area (Å²) in [6.07, 6.45) is 3.53. The number of hydrogen-bond acceptors (Lipinski definition) is 3. The zero-order chi connectivity index (χ0) is 18.4. The number of aromatic nitrogens is 2. The van der Waals surface area contributed by atoms with E-state index in [-0.39, 0.29) is 11.5 Å². The van der Waals surface area contributed by atoms with Gasteiger partial charge in [-0.1, -0.05) is 36.4 Å². The van der Waals surface area contributed by atoms with Crippen LogP contribution in [0.1, 0.15) is 23.0 Å². The SMILES string of the molecule is CC(/C=N/NC(=O)c1cc(-c2ccc(F)cc2)n[nH]1)=C\c1ccccc1. The van der Waals surface area contributed by atoms with E-state index in [0.717, 1.165) is 11.1 Å². The standard InChI is InChI=1S/C20H17FN4O/c1-14(11-15-5-3-2-4-6-15)13-22-25-20(26)19-12-18(23-24-19)16-7-9-17(21)10-8-16/h2-13H,1H3,(H,23,24)(H,25,26)/b14-11+,22-13+. The first kappa shape index (κ1) is 17.3. The van der Waals surface area contributed by atoms with Crippen molar-refractivity contribution in [2.75, 3.05) is 0 Å². The van der Waals surface area contributed by atoms with Gasteiger partial charge in [-0.05, 0) is 48.4 Å². The Hall–Kier alpha value is -3.54. The van der Waals surface area contributed by atoms with Crippen LogP contribution in [0.2, 0.25) is 0 Å². The predicted octanol–water partition coefficient (Wildman–Crippen LogP) is 4.03. The number of carbonyl (C=O) groups is 1. The first-order valence-electron chi connectivity index (χ1n) is 8.00. The number of nitrogens with zero attached hydrogens (tertiary/aromatic N) is 2. The molecule has 0 aliphatic carbocycles. The topological polar surface area (TPSA) is 70.1 Å². The summed E-state index contributed by atoms with van der Waals surface area (Å²) in [5.74, 6) is -0.731. The molecular formula is C20H17FN4O. The second kappa shape index (κ2) is 8.02. The third-order valence-electron chi connectivity index (χ3n) is 3.59. The molecule has 0 saturated heterocycles. The molecule has 0 bridgehead atoms. The number of allylic oxidation sites excluding steroid dienone is 1. The maximum absolute atomic E-state index is 13.0. The zero-order valence-corrected chi connectivity index (χ0v) is 14.1. The summed E-state index contributed by atoms with van der Waals surface area (Å²) in [4.78, 5) is 12.1. The molecule has 0 atom stereocenters. The van der Waals surface area contributed by atoms with Crippen molar-refractivity contribution in [1.29, 1.82) is 0 Å². The molecule has 26 heavy (non-hydrogen) atoms. The minimum atomic E-state index is -0.408. The van der Waals surface area contributed by atoms with Crippen molar-refractivity contribution in [3.05, 3.63) is 83.3 Å². The quantitative estimate of drug-likeness (QED) is 0.540. The molecule has 0 fully saturated rings. The molecule has 1 heterocycles. The lowest BCUT2D eigenvalue weighted by molar-refractivity contribution is 0.0950. The van der Waals surface area contributed by atoms with Crippen LogP contribution in [-0.4, -0.2) is 22.3 Å². The van der Waals surface area contributed by atoms with E-state index >= 15 is 0 Å². The van der Waals surface area contributed by atoms with Gasteiger partial charge in [-0.2, -0.15) is 10.2 Å². The Morgan fingerprint density at radius 1 is 1.15 bits per heavy atom. The Labute approximate surface area is 150 Å². The van der Waals surface area contributed by atoms with E-state index in [2.05, 4.69) is 20.7 Å². The van der Waals surface area contributed by atoms with Crippen molar-refractivity contribution >= 4 is 18.2 Å². The van der Waals surface area contributed by atoms with Gasteiger partial charge < -0.3 is 0 Å². The summed E-state index contributed by atoms with van der Waals surface area (Å²) in [6, 6.07) is 17.3. The molecule has 3 rings (SSSR count). The Kier molecular flexibility index (Phi) is 5.34. The van der Waals surface area contributed by atoms with E-state index in [9.17, 15) is 9.18 Å².